The number of hydrogen-bond acceptors (Lipinski definition) is 4. The largest absolute Gasteiger partial charge is 0.393 e. The van der Waals surface area contributed by atoms with Gasteiger partial charge in [-0.15, -0.1) is 0 Å². The van der Waals surface area contributed by atoms with Gasteiger partial charge in [0.15, 0.2) is 5.79 Å². The molecule has 4 fully saturated rings. The third-order valence-corrected chi connectivity index (χ3v) is 11.1. The lowest BCUT2D eigenvalue weighted by atomic mass is 9.45. The predicted octanol–water partition coefficient (Wildman–Crippen LogP) is 6.07. The molecule has 192 valence electrons. The standard InChI is InChI=1S/C30H41ClO4/c1-26(2)18-34-30(35-19-26)15-14-28(16-20-6-4-5-7-24(20)31)23-11-12-27(3)22(8-9-25(27)32)21(23)10-13-29(28,33)17-30/h4-7,11,21-22,25,32-33H,8-10,12-19H2,1-3H3/t21-,22-,25-,27-,28-,29+/m0/s1. The van der Waals surface area contributed by atoms with E-state index in [1.807, 2.05) is 12.1 Å². The molecule has 1 aromatic carbocycles. The summed E-state index contributed by atoms with van der Waals surface area (Å²) < 4.78 is 12.9. The van der Waals surface area contributed by atoms with Crippen LogP contribution in [-0.4, -0.2) is 40.9 Å². The average Bonchev–Trinajstić information content (AvgIpc) is 3.12. The highest BCUT2D eigenvalue weighted by Crippen LogP contribution is 2.67. The number of fused-ring (bicyclic) bond motifs is 5. The molecule has 1 aliphatic heterocycles. The Morgan fingerprint density at radius 2 is 1.74 bits per heavy atom. The summed E-state index contributed by atoms with van der Waals surface area (Å²) in [6.45, 7) is 7.94. The average molecular weight is 501 g/mol. The minimum Gasteiger partial charge on any atom is -0.393 e. The first kappa shape index (κ1) is 24.4. The van der Waals surface area contributed by atoms with Crippen molar-refractivity contribution in [2.75, 3.05) is 13.2 Å². The van der Waals surface area contributed by atoms with E-state index >= 15 is 0 Å². The second kappa shape index (κ2) is 8.04. The molecule has 5 aliphatic rings. The van der Waals surface area contributed by atoms with Gasteiger partial charge in [0, 0.05) is 34.1 Å². The highest BCUT2D eigenvalue weighted by Gasteiger charge is 2.66. The number of halogens is 1. The zero-order chi connectivity index (χ0) is 24.7. The van der Waals surface area contributed by atoms with Gasteiger partial charge in [-0.2, -0.15) is 0 Å². The van der Waals surface area contributed by atoms with Crippen LogP contribution >= 0.6 is 11.6 Å². The molecule has 35 heavy (non-hydrogen) atoms. The van der Waals surface area contributed by atoms with E-state index in [0.717, 1.165) is 62.0 Å². The van der Waals surface area contributed by atoms with Crippen molar-refractivity contribution in [3.63, 3.8) is 0 Å². The van der Waals surface area contributed by atoms with Crippen LogP contribution in [-0.2, 0) is 15.9 Å². The Morgan fingerprint density at radius 1 is 1.00 bits per heavy atom. The molecule has 1 spiro atoms. The fourth-order valence-corrected chi connectivity index (χ4v) is 8.78. The lowest BCUT2D eigenvalue weighted by molar-refractivity contribution is -0.343. The van der Waals surface area contributed by atoms with Crippen molar-refractivity contribution in [2.24, 2.45) is 28.1 Å². The van der Waals surface area contributed by atoms with E-state index in [-0.39, 0.29) is 22.3 Å². The first-order valence-corrected chi connectivity index (χ1v) is 14.0. The van der Waals surface area contributed by atoms with Crippen molar-refractivity contribution in [1.82, 2.24) is 0 Å². The van der Waals surface area contributed by atoms with Gasteiger partial charge in [0.1, 0.15) is 0 Å². The third-order valence-electron chi connectivity index (χ3n) is 10.7. The molecule has 6 atom stereocenters. The third kappa shape index (κ3) is 3.61. The van der Waals surface area contributed by atoms with Crippen LogP contribution in [0.1, 0.15) is 77.7 Å². The van der Waals surface area contributed by atoms with Crippen LogP contribution in [0.4, 0.5) is 0 Å². The maximum Gasteiger partial charge on any atom is 0.171 e. The van der Waals surface area contributed by atoms with Gasteiger partial charge >= 0.3 is 0 Å². The summed E-state index contributed by atoms with van der Waals surface area (Å²) in [5.74, 6) is 0.188. The molecule has 0 radical (unpaired) electrons. The fraction of sp³-hybridized carbons (Fsp3) is 0.733. The Balaban J connectivity index is 1.42. The van der Waals surface area contributed by atoms with Crippen LogP contribution in [0.2, 0.25) is 5.02 Å². The van der Waals surface area contributed by atoms with Gasteiger partial charge in [-0.3, -0.25) is 0 Å². The van der Waals surface area contributed by atoms with Gasteiger partial charge in [-0.05, 0) is 68.4 Å². The number of benzene rings is 1. The van der Waals surface area contributed by atoms with Crippen LogP contribution in [0.5, 0.6) is 0 Å². The fourth-order valence-electron chi connectivity index (χ4n) is 8.58. The van der Waals surface area contributed by atoms with E-state index in [1.165, 1.54) is 5.57 Å². The van der Waals surface area contributed by atoms with E-state index in [9.17, 15) is 10.2 Å². The second-order valence-electron chi connectivity index (χ2n) is 13.4. The maximum absolute atomic E-state index is 12.6. The normalized spacial score (nSPS) is 43.7. The van der Waals surface area contributed by atoms with E-state index in [0.29, 0.717) is 31.5 Å². The number of aliphatic hydroxyl groups excluding tert-OH is 1. The van der Waals surface area contributed by atoms with Crippen molar-refractivity contribution in [3.8, 4) is 0 Å². The lowest BCUT2D eigenvalue weighted by Crippen LogP contribution is -2.66. The smallest absolute Gasteiger partial charge is 0.171 e. The van der Waals surface area contributed by atoms with Crippen molar-refractivity contribution < 1.29 is 19.7 Å². The molecule has 0 bridgehead atoms. The zero-order valence-electron chi connectivity index (χ0n) is 21.5. The molecule has 5 heteroatoms. The molecular formula is C30H41ClO4. The molecule has 0 aromatic heterocycles. The van der Waals surface area contributed by atoms with Gasteiger partial charge in [-0.1, -0.05) is 62.2 Å². The molecule has 1 heterocycles. The summed E-state index contributed by atoms with van der Waals surface area (Å²) in [5, 5.41) is 24.3. The molecule has 4 aliphatic carbocycles. The maximum atomic E-state index is 12.6. The summed E-state index contributed by atoms with van der Waals surface area (Å²) in [5.41, 5.74) is 1.17. The van der Waals surface area contributed by atoms with E-state index in [2.05, 4.69) is 39.0 Å². The van der Waals surface area contributed by atoms with Crippen molar-refractivity contribution in [2.45, 2.75) is 96.1 Å². The first-order chi connectivity index (χ1) is 16.5. The van der Waals surface area contributed by atoms with Crippen LogP contribution in [0, 0.1) is 28.1 Å². The molecule has 6 rings (SSSR count). The quantitative estimate of drug-likeness (QED) is 0.484. The van der Waals surface area contributed by atoms with E-state index in [4.69, 9.17) is 21.1 Å². The predicted molar refractivity (Wildman–Crippen MR) is 137 cm³/mol. The van der Waals surface area contributed by atoms with Crippen LogP contribution in [0.25, 0.3) is 0 Å². The number of rotatable bonds is 2. The molecule has 1 aromatic rings. The minimum atomic E-state index is -0.917. The summed E-state index contributed by atoms with van der Waals surface area (Å²) >= 11 is 6.71. The van der Waals surface area contributed by atoms with Gasteiger partial charge in [0.2, 0.25) is 0 Å². The summed E-state index contributed by atoms with van der Waals surface area (Å²) in [7, 11) is 0. The summed E-state index contributed by atoms with van der Waals surface area (Å²) in [6.07, 6.45) is 9.58. The second-order valence-corrected chi connectivity index (χ2v) is 13.8. The Labute approximate surface area is 215 Å². The molecular weight excluding hydrogens is 460 g/mol. The Kier molecular flexibility index (Phi) is 5.61. The van der Waals surface area contributed by atoms with Crippen LogP contribution in [0.15, 0.2) is 35.9 Å². The van der Waals surface area contributed by atoms with Crippen molar-refractivity contribution in [3.05, 3.63) is 46.5 Å². The monoisotopic (exact) mass is 500 g/mol. The van der Waals surface area contributed by atoms with Gasteiger partial charge in [0.05, 0.1) is 24.9 Å². The van der Waals surface area contributed by atoms with Crippen LogP contribution < -0.4 is 0 Å². The lowest BCUT2D eigenvalue weighted by Gasteiger charge is -2.64. The van der Waals surface area contributed by atoms with Crippen LogP contribution in [0.3, 0.4) is 0 Å². The summed E-state index contributed by atoms with van der Waals surface area (Å²) in [4.78, 5) is 0. The summed E-state index contributed by atoms with van der Waals surface area (Å²) in [6, 6.07) is 8.11. The van der Waals surface area contributed by atoms with Gasteiger partial charge in [0.25, 0.3) is 0 Å². The Hall–Kier alpha value is -0.910. The Bertz CT molecular complexity index is 1020. The molecule has 4 nitrogen and oxygen atoms in total. The highest BCUT2D eigenvalue weighted by atomic mass is 35.5. The number of allylic oxidation sites excluding steroid dienone is 1. The number of hydrogen-bond donors (Lipinski definition) is 2. The molecule has 0 amide bonds. The van der Waals surface area contributed by atoms with Gasteiger partial charge in [-0.25, -0.2) is 0 Å². The topological polar surface area (TPSA) is 58.9 Å². The number of aliphatic hydroxyl groups is 2. The molecule has 0 unspecified atom stereocenters. The Morgan fingerprint density at radius 3 is 2.49 bits per heavy atom. The van der Waals surface area contributed by atoms with Crippen molar-refractivity contribution >= 4 is 11.6 Å². The minimum absolute atomic E-state index is 0.00269. The first-order valence-electron chi connectivity index (χ1n) is 13.6. The van der Waals surface area contributed by atoms with E-state index < -0.39 is 11.4 Å². The zero-order valence-corrected chi connectivity index (χ0v) is 22.2. The van der Waals surface area contributed by atoms with E-state index in [1.54, 1.807) is 0 Å². The molecule has 2 N–H and O–H groups in total. The SMILES string of the molecule is CC1(C)COC2(CC[C@]3(Cc4ccccc4Cl)C4=CC[C@]5(C)[C@@H](O)CC[C@H]5[C@@H]4CC[C@@]3(O)C2)OC1. The molecule has 1 saturated heterocycles. The molecule has 3 saturated carbocycles. The highest BCUT2D eigenvalue weighted by molar-refractivity contribution is 6.31. The number of ether oxygens (including phenoxy) is 2. The van der Waals surface area contributed by atoms with Crippen molar-refractivity contribution in [1.29, 1.82) is 0 Å². The van der Waals surface area contributed by atoms with Gasteiger partial charge < -0.3 is 19.7 Å².